The first kappa shape index (κ1) is 12.9. The van der Waals surface area contributed by atoms with Crippen molar-refractivity contribution >= 4 is 21.5 Å². The average molecular weight is 276 g/mol. The molecule has 1 nitrogen and oxygen atoms in total. The van der Waals surface area contributed by atoms with E-state index in [1.165, 1.54) is 6.07 Å². The summed E-state index contributed by atoms with van der Waals surface area (Å²) in [7, 11) is 0. The maximum absolute atomic E-state index is 12.8. The molecule has 0 saturated carbocycles. The Morgan fingerprint density at radius 3 is 2.00 bits per heavy atom. The highest BCUT2D eigenvalue weighted by Gasteiger charge is 2.40. The summed E-state index contributed by atoms with van der Waals surface area (Å²) in [5, 5.41) is 12.3. The molecule has 0 saturated heterocycles. The van der Waals surface area contributed by atoms with Crippen LogP contribution in [0.3, 0.4) is 0 Å². The molecule has 0 aromatic heterocycles. The molecule has 0 fully saturated rings. The van der Waals surface area contributed by atoms with Crippen LogP contribution in [0.5, 0.6) is 0 Å². The van der Waals surface area contributed by atoms with E-state index < -0.39 is 12.3 Å². The number of hydrogen-bond acceptors (Lipinski definition) is 1. The fourth-order valence-electron chi connectivity index (χ4n) is 2.49. The van der Waals surface area contributed by atoms with E-state index in [0.717, 1.165) is 5.39 Å². The molecule has 3 aromatic rings. The topological polar surface area (TPSA) is 20.2 Å². The third-order valence-corrected chi connectivity index (χ3v) is 3.40. The van der Waals surface area contributed by atoms with Gasteiger partial charge in [-0.25, -0.2) is 0 Å². The SMILES string of the molecule is O[C@@H](c1cc2ccccc2c2ccccc12)C(F)(F)F. The summed E-state index contributed by atoms with van der Waals surface area (Å²) in [6.07, 6.45) is -7.15. The van der Waals surface area contributed by atoms with Crippen LogP contribution in [0.25, 0.3) is 21.5 Å². The summed E-state index contributed by atoms with van der Waals surface area (Å²) in [4.78, 5) is 0. The Kier molecular flexibility index (Phi) is 2.91. The second-order valence-electron chi connectivity index (χ2n) is 4.68. The summed E-state index contributed by atoms with van der Waals surface area (Å²) in [6.45, 7) is 0. The zero-order chi connectivity index (χ0) is 14.3. The van der Waals surface area contributed by atoms with Crippen molar-refractivity contribution in [1.82, 2.24) is 0 Å². The van der Waals surface area contributed by atoms with Gasteiger partial charge < -0.3 is 5.11 Å². The predicted molar refractivity (Wildman–Crippen MR) is 72.5 cm³/mol. The molecule has 0 amide bonds. The molecular weight excluding hydrogens is 265 g/mol. The van der Waals surface area contributed by atoms with E-state index in [1.807, 2.05) is 12.1 Å². The molecule has 0 bridgehead atoms. The van der Waals surface area contributed by atoms with Gasteiger partial charge in [-0.1, -0.05) is 48.5 Å². The van der Waals surface area contributed by atoms with Crippen LogP contribution < -0.4 is 0 Å². The van der Waals surface area contributed by atoms with Crippen LogP contribution >= 0.6 is 0 Å². The van der Waals surface area contributed by atoms with Crippen LogP contribution in [0.2, 0.25) is 0 Å². The summed E-state index contributed by atoms with van der Waals surface area (Å²) < 4.78 is 38.4. The Morgan fingerprint density at radius 1 is 0.800 bits per heavy atom. The van der Waals surface area contributed by atoms with E-state index in [2.05, 4.69) is 0 Å². The van der Waals surface area contributed by atoms with Crippen LogP contribution in [-0.2, 0) is 0 Å². The summed E-state index contributed by atoms with van der Waals surface area (Å²) in [6, 6.07) is 15.4. The maximum Gasteiger partial charge on any atom is 0.418 e. The van der Waals surface area contributed by atoms with Gasteiger partial charge in [0.25, 0.3) is 0 Å². The minimum absolute atomic E-state index is 0.105. The maximum atomic E-state index is 12.8. The van der Waals surface area contributed by atoms with Crippen molar-refractivity contribution in [3.05, 3.63) is 60.2 Å². The van der Waals surface area contributed by atoms with Crippen LogP contribution in [0.1, 0.15) is 11.7 Å². The average Bonchev–Trinajstić information content (AvgIpc) is 2.44. The molecule has 3 aromatic carbocycles. The van der Waals surface area contributed by atoms with Gasteiger partial charge in [0, 0.05) is 0 Å². The van der Waals surface area contributed by atoms with Crippen molar-refractivity contribution in [2.45, 2.75) is 12.3 Å². The molecule has 0 radical (unpaired) electrons. The van der Waals surface area contributed by atoms with Gasteiger partial charge >= 0.3 is 6.18 Å². The van der Waals surface area contributed by atoms with E-state index in [4.69, 9.17) is 0 Å². The van der Waals surface area contributed by atoms with E-state index in [1.54, 1.807) is 36.4 Å². The highest BCUT2D eigenvalue weighted by Crippen LogP contribution is 2.38. The second-order valence-corrected chi connectivity index (χ2v) is 4.68. The Labute approximate surface area is 113 Å². The molecule has 0 aliphatic carbocycles. The molecule has 3 rings (SSSR count). The zero-order valence-electron chi connectivity index (χ0n) is 10.4. The zero-order valence-corrected chi connectivity index (χ0v) is 10.4. The third kappa shape index (κ3) is 2.02. The van der Waals surface area contributed by atoms with Crippen LogP contribution in [0.4, 0.5) is 13.2 Å². The van der Waals surface area contributed by atoms with Gasteiger partial charge in [0.2, 0.25) is 0 Å². The molecular formula is C16H11F3O. The minimum atomic E-state index is -4.68. The number of fused-ring (bicyclic) bond motifs is 3. The number of benzene rings is 3. The standard InChI is InChI=1S/C16H11F3O/c17-16(18,19)15(20)14-9-10-5-1-2-6-11(10)12-7-3-4-8-13(12)14/h1-9,15,20H/t15-/m0/s1. The lowest BCUT2D eigenvalue weighted by Crippen LogP contribution is -2.20. The Morgan fingerprint density at radius 2 is 1.35 bits per heavy atom. The van der Waals surface area contributed by atoms with Crippen LogP contribution in [0.15, 0.2) is 54.6 Å². The lowest BCUT2D eigenvalue weighted by Gasteiger charge is -2.18. The van der Waals surface area contributed by atoms with Crippen molar-refractivity contribution in [2.75, 3.05) is 0 Å². The molecule has 4 heteroatoms. The summed E-state index contributed by atoms with van der Waals surface area (Å²) >= 11 is 0. The number of aliphatic hydroxyl groups excluding tert-OH is 1. The molecule has 0 spiro atoms. The highest BCUT2D eigenvalue weighted by molar-refractivity contribution is 6.09. The molecule has 0 aliphatic rings. The van der Waals surface area contributed by atoms with Gasteiger partial charge in [0.15, 0.2) is 6.10 Å². The first-order chi connectivity index (χ1) is 9.48. The Hall–Kier alpha value is -2.07. The fraction of sp³-hybridized carbons (Fsp3) is 0.125. The fourth-order valence-corrected chi connectivity index (χ4v) is 2.49. The molecule has 20 heavy (non-hydrogen) atoms. The molecule has 0 aliphatic heterocycles. The molecule has 0 heterocycles. The largest absolute Gasteiger partial charge is 0.418 e. The summed E-state index contributed by atoms with van der Waals surface area (Å²) in [5.74, 6) is 0. The van der Waals surface area contributed by atoms with Crippen molar-refractivity contribution in [1.29, 1.82) is 0 Å². The van der Waals surface area contributed by atoms with Crippen LogP contribution in [-0.4, -0.2) is 11.3 Å². The van der Waals surface area contributed by atoms with Gasteiger partial charge in [-0.3, -0.25) is 0 Å². The number of hydrogen-bond donors (Lipinski definition) is 1. The van der Waals surface area contributed by atoms with Crippen LogP contribution in [0, 0.1) is 0 Å². The lowest BCUT2D eigenvalue weighted by molar-refractivity contribution is -0.206. The lowest BCUT2D eigenvalue weighted by atomic mass is 9.94. The molecule has 102 valence electrons. The number of alkyl halides is 3. The second kappa shape index (κ2) is 4.49. The first-order valence-corrected chi connectivity index (χ1v) is 6.13. The molecule has 1 N–H and O–H groups in total. The minimum Gasteiger partial charge on any atom is -0.379 e. The van der Waals surface area contributed by atoms with Gasteiger partial charge in [-0.2, -0.15) is 13.2 Å². The monoisotopic (exact) mass is 276 g/mol. The summed E-state index contributed by atoms with van der Waals surface area (Å²) in [5.41, 5.74) is -0.105. The highest BCUT2D eigenvalue weighted by atomic mass is 19.4. The molecule has 1 atom stereocenters. The van der Waals surface area contributed by atoms with Gasteiger partial charge in [-0.15, -0.1) is 0 Å². The van der Waals surface area contributed by atoms with Crippen molar-refractivity contribution < 1.29 is 18.3 Å². The predicted octanol–water partition coefficient (Wildman–Crippen LogP) is 4.59. The third-order valence-electron chi connectivity index (χ3n) is 3.40. The molecule has 0 unspecified atom stereocenters. The Balaban J connectivity index is 2.41. The van der Waals surface area contributed by atoms with Crippen molar-refractivity contribution in [3.8, 4) is 0 Å². The van der Waals surface area contributed by atoms with E-state index in [-0.39, 0.29) is 5.56 Å². The normalized spacial score (nSPS) is 13.8. The number of halogens is 3. The number of rotatable bonds is 1. The quantitative estimate of drug-likeness (QED) is 0.644. The van der Waals surface area contributed by atoms with E-state index >= 15 is 0 Å². The first-order valence-electron chi connectivity index (χ1n) is 6.13. The van der Waals surface area contributed by atoms with Gasteiger partial charge in [-0.05, 0) is 33.2 Å². The smallest absolute Gasteiger partial charge is 0.379 e. The van der Waals surface area contributed by atoms with E-state index in [9.17, 15) is 18.3 Å². The van der Waals surface area contributed by atoms with Crippen molar-refractivity contribution in [2.24, 2.45) is 0 Å². The van der Waals surface area contributed by atoms with Gasteiger partial charge in [0.1, 0.15) is 0 Å². The van der Waals surface area contributed by atoms with Crippen molar-refractivity contribution in [3.63, 3.8) is 0 Å². The Bertz CT molecular complexity index is 777. The van der Waals surface area contributed by atoms with E-state index in [0.29, 0.717) is 16.2 Å². The number of aliphatic hydroxyl groups is 1. The van der Waals surface area contributed by atoms with Gasteiger partial charge in [0.05, 0.1) is 0 Å².